The predicted molar refractivity (Wildman–Crippen MR) is 110 cm³/mol. The first-order chi connectivity index (χ1) is 13.5. The number of para-hydroxylation sites is 1. The highest BCUT2D eigenvalue weighted by atomic mass is 16.5. The third-order valence-electron chi connectivity index (χ3n) is 5.04. The average Bonchev–Trinajstić information content (AvgIpc) is 2.68. The molecule has 1 heterocycles. The number of nitrogens with one attached hydrogen (secondary N) is 1. The fraction of sp³-hybridized carbons (Fsp3) is 0.391. The highest BCUT2D eigenvalue weighted by Crippen LogP contribution is 2.21. The molecule has 3 rings (SSSR count). The Morgan fingerprint density at radius 1 is 1.04 bits per heavy atom. The third-order valence-corrected chi connectivity index (χ3v) is 5.04. The van der Waals surface area contributed by atoms with Crippen LogP contribution in [0, 0.1) is 19.8 Å². The molecule has 2 amide bonds. The maximum Gasteiger partial charge on any atom is 0.227 e. The van der Waals surface area contributed by atoms with Crippen molar-refractivity contribution < 1.29 is 14.3 Å². The zero-order valence-corrected chi connectivity index (χ0v) is 16.6. The molecular formula is C23H28N2O3. The lowest BCUT2D eigenvalue weighted by molar-refractivity contribution is -0.135. The maximum absolute atomic E-state index is 12.6. The number of nitrogens with zero attached hydrogens (tertiary/aromatic N) is 1. The van der Waals surface area contributed by atoms with Crippen molar-refractivity contribution in [2.75, 3.05) is 25.0 Å². The molecule has 5 heteroatoms. The number of hydrogen-bond donors (Lipinski definition) is 1. The standard InChI is InChI=1S/C23H28N2O3/c1-17-14-18(2)16-20(15-17)24-23(27)19-8-11-25(12-9-19)22(26)10-13-28-21-6-4-3-5-7-21/h3-7,14-16,19H,8-13H2,1-2H3,(H,24,27). The maximum atomic E-state index is 12.6. The molecule has 0 aromatic heterocycles. The molecule has 0 aliphatic carbocycles. The van der Waals surface area contributed by atoms with Crippen molar-refractivity contribution in [2.24, 2.45) is 5.92 Å². The van der Waals surface area contributed by atoms with Crippen LogP contribution in [0.4, 0.5) is 5.69 Å². The summed E-state index contributed by atoms with van der Waals surface area (Å²) in [5.41, 5.74) is 3.11. The van der Waals surface area contributed by atoms with Crippen molar-refractivity contribution >= 4 is 17.5 Å². The van der Waals surface area contributed by atoms with Crippen LogP contribution in [0.3, 0.4) is 0 Å². The highest BCUT2D eigenvalue weighted by Gasteiger charge is 2.27. The Balaban J connectivity index is 1.42. The molecule has 1 saturated heterocycles. The van der Waals surface area contributed by atoms with E-state index >= 15 is 0 Å². The number of amides is 2. The Morgan fingerprint density at radius 2 is 1.68 bits per heavy atom. The molecule has 2 aromatic rings. The van der Waals surface area contributed by atoms with E-state index in [1.807, 2.05) is 61.2 Å². The van der Waals surface area contributed by atoms with E-state index in [2.05, 4.69) is 11.4 Å². The van der Waals surface area contributed by atoms with Gasteiger partial charge in [0.05, 0.1) is 13.0 Å². The van der Waals surface area contributed by atoms with Gasteiger partial charge in [0.15, 0.2) is 0 Å². The Labute approximate surface area is 166 Å². The van der Waals surface area contributed by atoms with E-state index in [4.69, 9.17) is 4.74 Å². The summed E-state index contributed by atoms with van der Waals surface area (Å²) in [7, 11) is 0. The van der Waals surface area contributed by atoms with Gasteiger partial charge in [0, 0.05) is 24.7 Å². The molecule has 0 spiro atoms. The van der Waals surface area contributed by atoms with Crippen LogP contribution >= 0.6 is 0 Å². The minimum atomic E-state index is -0.0505. The first-order valence-corrected chi connectivity index (χ1v) is 9.86. The largest absolute Gasteiger partial charge is 0.493 e. The number of carbonyl (C=O) groups is 2. The molecule has 28 heavy (non-hydrogen) atoms. The molecule has 1 aliphatic heterocycles. The fourth-order valence-electron chi connectivity index (χ4n) is 3.61. The summed E-state index contributed by atoms with van der Waals surface area (Å²) in [4.78, 5) is 26.8. The second kappa shape index (κ2) is 9.40. The molecule has 1 fully saturated rings. The Kier molecular flexibility index (Phi) is 6.69. The summed E-state index contributed by atoms with van der Waals surface area (Å²) in [6, 6.07) is 15.6. The molecule has 5 nitrogen and oxygen atoms in total. The number of rotatable bonds is 6. The van der Waals surface area contributed by atoms with Gasteiger partial charge in [0.2, 0.25) is 11.8 Å². The van der Waals surface area contributed by atoms with Crippen molar-refractivity contribution in [1.82, 2.24) is 4.90 Å². The minimum Gasteiger partial charge on any atom is -0.493 e. The number of piperidine rings is 1. The topological polar surface area (TPSA) is 58.6 Å². The zero-order valence-electron chi connectivity index (χ0n) is 16.6. The Morgan fingerprint density at radius 3 is 2.32 bits per heavy atom. The van der Waals surface area contributed by atoms with Gasteiger partial charge in [-0.25, -0.2) is 0 Å². The summed E-state index contributed by atoms with van der Waals surface area (Å²) < 4.78 is 5.60. The van der Waals surface area contributed by atoms with Crippen molar-refractivity contribution in [1.29, 1.82) is 0 Å². The first kappa shape index (κ1) is 19.9. The number of aryl methyl sites for hydroxylation is 2. The lowest BCUT2D eigenvalue weighted by Crippen LogP contribution is -2.41. The molecule has 2 aromatic carbocycles. The van der Waals surface area contributed by atoms with Crippen molar-refractivity contribution in [2.45, 2.75) is 33.1 Å². The average molecular weight is 380 g/mol. The van der Waals surface area contributed by atoms with Gasteiger partial charge in [0.1, 0.15) is 5.75 Å². The lowest BCUT2D eigenvalue weighted by atomic mass is 9.95. The monoisotopic (exact) mass is 380 g/mol. The Bertz CT molecular complexity index is 792. The van der Waals surface area contributed by atoms with Crippen LogP contribution in [-0.2, 0) is 9.59 Å². The number of ether oxygens (including phenoxy) is 1. The quantitative estimate of drug-likeness (QED) is 0.825. The van der Waals surface area contributed by atoms with Gasteiger partial charge < -0.3 is 15.0 Å². The van der Waals surface area contributed by atoms with Crippen LogP contribution in [0.15, 0.2) is 48.5 Å². The van der Waals surface area contributed by atoms with Crippen molar-refractivity contribution in [3.8, 4) is 5.75 Å². The van der Waals surface area contributed by atoms with E-state index in [0.29, 0.717) is 39.0 Å². The van der Waals surface area contributed by atoms with Gasteiger partial charge in [-0.05, 0) is 62.1 Å². The van der Waals surface area contributed by atoms with Gasteiger partial charge in [-0.3, -0.25) is 9.59 Å². The molecule has 0 unspecified atom stereocenters. The second-order valence-electron chi connectivity index (χ2n) is 7.43. The van der Waals surface area contributed by atoms with Gasteiger partial charge in [-0.15, -0.1) is 0 Å². The molecule has 0 radical (unpaired) electrons. The number of benzene rings is 2. The fourth-order valence-corrected chi connectivity index (χ4v) is 3.61. The normalized spacial score (nSPS) is 14.6. The van der Waals surface area contributed by atoms with E-state index in [9.17, 15) is 9.59 Å². The van der Waals surface area contributed by atoms with Gasteiger partial charge >= 0.3 is 0 Å². The van der Waals surface area contributed by atoms with E-state index in [0.717, 1.165) is 22.6 Å². The molecule has 148 valence electrons. The zero-order chi connectivity index (χ0) is 19.9. The van der Waals surface area contributed by atoms with Crippen LogP contribution in [-0.4, -0.2) is 36.4 Å². The molecular weight excluding hydrogens is 352 g/mol. The van der Waals surface area contributed by atoms with Crippen LogP contribution in [0.1, 0.15) is 30.4 Å². The summed E-state index contributed by atoms with van der Waals surface area (Å²) in [6.07, 6.45) is 1.75. The second-order valence-corrected chi connectivity index (χ2v) is 7.43. The summed E-state index contributed by atoms with van der Waals surface area (Å²) in [5.74, 6) is 0.858. The number of hydrogen-bond acceptors (Lipinski definition) is 3. The first-order valence-electron chi connectivity index (χ1n) is 9.86. The van der Waals surface area contributed by atoms with Crippen molar-refractivity contribution in [3.05, 3.63) is 59.7 Å². The van der Waals surface area contributed by atoms with Gasteiger partial charge in [-0.2, -0.15) is 0 Å². The van der Waals surface area contributed by atoms with E-state index in [1.54, 1.807) is 0 Å². The molecule has 0 saturated carbocycles. The highest BCUT2D eigenvalue weighted by molar-refractivity contribution is 5.93. The molecule has 1 aliphatic rings. The van der Waals surface area contributed by atoms with E-state index in [-0.39, 0.29) is 17.7 Å². The third kappa shape index (κ3) is 5.59. The van der Waals surface area contributed by atoms with Crippen LogP contribution in [0.5, 0.6) is 5.75 Å². The minimum absolute atomic E-state index is 0.0458. The molecule has 0 bridgehead atoms. The van der Waals surface area contributed by atoms with Gasteiger partial charge in [0.25, 0.3) is 0 Å². The summed E-state index contributed by atoms with van der Waals surface area (Å²) in [5, 5.41) is 3.03. The Hall–Kier alpha value is -2.82. The SMILES string of the molecule is Cc1cc(C)cc(NC(=O)C2CCN(C(=O)CCOc3ccccc3)CC2)c1. The van der Waals surface area contributed by atoms with Crippen LogP contribution in [0.2, 0.25) is 0 Å². The lowest BCUT2D eigenvalue weighted by Gasteiger charge is -2.31. The number of likely N-dealkylation sites (tertiary alicyclic amines) is 1. The molecule has 1 N–H and O–H groups in total. The van der Waals surface area contributed by atoms with Crippen molar-refractivity contribution in [3.63, 3.8) is 0 Å². The summed E-state index contributed by atoms with van der Waals surface area (Å²) in [6.45, 7) is 5.66. The van der Waals surface area contributed by atoms with E-state index < -0.39 is 0 Å². The number of anilines is 1. The molecule has 0 atom stereocenters. The van der Waals surface area contributed by atoms with Crippen LogP contribution in [0.25, 0.3) is 0 Å². The predicted octanol–water partition coefficient (Wildman–Crippen LogP) is 3.95. The van der Waals surface area contributed by atoms with Crippen LogP contribution < -0.4 is 10.1 Å². The van der Waals surface area contributed by atoms with E-state index in [1.165, 1.54) is 0 Å². The van der Waals surface area contributed by atoms with Gasteiger partial charge in [-0.1, -0.05) is 24.3 Å². The summed E-state index contributed by atoms with van der Waals surface area (Å²) >= 11 is 0. The number of carbonyl (C=O) groups excluding carboxylic acids is 2. The smallest absolute Gasteiger partial charge is 0.227 e.